The van der Waals surface area contributed by atoms with Crippen molar-refractivity contribution < 1.29 is 19.3 Å². The van der Waals surface area contributed by atoms with Crippen LogP contribution in [0.25, 0.3) is 0 Å². The first-order valence-electron chi connectivity index (χ1n) is 14.2. The van der Waals surface area contributed by atoms with Gasteiger partial charge in [0.25, 0.3) is 17.5 Å². The van der Waals surface area contributed by atoms with Crippen molar-refractivity contribution in [2.75, 3.05) is 37.7 Å². The number of nitrogens with one attached hydrogen (secondary N) is 1. The minimum atomic E-state index is -0.860. The number of para-hydroxylation sites is 1. The molecule has 1 spiro atoms. The highest BCUT2D eigenvalue weighted by molar-refractivity contribution is 5.98. The van der Waals surface area contributed by atoms with E-state index in [1.807, 2.05) is 30.3 Å². The van der Waals surface area contributed by atoms with Crippen molar-refractivity contribution in [2.45, 2.75) is 57.4 Å². The van der Waals surface area contributed by atoms with E-state index < -0.39 is 10.5 Å². The van der Waals surface area contributed by atoms with Crippen molar-refractivity contribution in [1.82, 2.24) is 15.1 Å². The Hall–Kier alpha value is -3.95. The molecule has 2 saturated heterocycles. The lowest BCUT2D eigenvalue weighted by atomic mass is 9.85. The number of rotatable bonds is 7. The first-order chi connectivity index (χ1) is 19.3. The lowest BCUT2D eigenvalue weighted by Gasteiger charge is -2.43. The Kier molecular flexibility index (Phi) is 8.04. The molecule has 40 heavy (non-hydrogen) atoms. The third kappa shape index (κ3) is 5.52. The molecule has 0 unspecified atom stereocenters. The second-order valence-electron chi connectivity index (χ2n) is 11.3. The van der Waals surface area contributed by atoms with Crippen LogP contribution in [-0.4, -0.2) is 70.8 Å². The fourth-order valence-corrected chi connectivity index (χ4v) is 6.40. The summed E-state index contributed by atoms with van der Waals surface area (Å²) >= 11 is 0. The molecular formula is C30H37N5O5. The summed E-state index contributed by atoms with van der Waals surface area (Å²) in [5.41, 5.74) is 0.716. The number of nitrogens with zero attached hydrogens (tertiary/aromatic N) is 4. The molecular weight excluding hydrogens is 510 g/mol. The molecule has 1 saturated carbocycles. The average molecular weight is 548 g/mol. The van der Waals surface area contributed by atoms with E-state index in [2.05, 4.69) is 10.2 Å². The monoisotopic (exact) mass is 547 g/mol. The number of benzene rings is 2. The first-order valence-corrected chi connectivity index (χ1v) is 14.2. The molecule has 10 heteroatoms. The van der Waals surface area contributed by atoms with Crippen LogP contribution in [0.5, 0.6) is 0 Å². The summed E-state index contributed by atoms with van der Waals surface area (Å²) in [5, 5.41) is 14.4. The van der Waals surface area contributed by atoms with Crippen molar-refractivity contribution in [3.63, 3.8) is 0 Å². The van der Waals surface area contributed by atoms with Gasteiger partial charge >= 0.3 is 0 Å². The van der Waals surface area contributed by atoms with Gasteiger partial charge in [0.15, 0.2) is 0 Å². The quantitative estimate of drug-likeness (QED) is 0.416. The molecule has 212 valence electrons. The Labute approximate surface area is 234 Å². The van der Waals surface area contributed by atoms with Gasteiger partial charge in [-0.3, -0.25) is 24.5 Å². The van der Waals surface area contributed by atoms with Gasteiger partial charge in [-0.15, -0.1) is 0 Å². The molecule has 3 aliphatic rings. The summed E-state index contributed by atoms with van der Waals surface area (Å²) in [7, 11) is 0. The lowest BCUT2D eigenvalue weighted by molar-refractivity contribution is -0.385. The molecule has 3 amide bonds. The van der Waals surface area contributed by atoms with Crippen LogP contribution in [0.1, 0.15) is 60.9 Å². The second-order valence-corrected chi connectivity index (χ2v) is 11.3. The Morgan fingerprint density at radius 3 is 2.42 bits per heavy atom. The topological polar surface area (TPSA) is 116 Å². The summed E-state index contributed by atoms with van der Waals surface area (Å²) in [5.74, 6) is -0.00984. The second kappa shape index (κ2) is 11.7. The highest BCUT2D eigenvalue weighted by atomic mass is 16.6. The molecule has 0 radical (unpaired) electrons. The summed E-state index contributed by atoms with van der Waals surface area (Å²) < 4.78 is 0. The van der Waals surface area contributed by atoms with E-state index in [4.69, 9.17) is 0 Å². The van der Waals surface area contributed by atoms with E-state index in [0.29, 0.717) is 50.6 Å². The van der Waals surface area contributed by atoms with Crippen LogP contribution in [0, 0.1) is 23.0 Å². The van der Waals surface area contributed by atoms with Crippen molar-refractivity contribution in [3.8, 4) is 0 Å². The fraction of sp³-hybridized carbons (Fsp3) is 0.500. The van der Waals surface area contributed by atoms with Gasteiger partial charge in [-0.1, -0.05) is 43.5 Å². The molecule has 1 N–H and O–H groups in total. The number of hydrogen-bond acceptors (Lipinski definition) is 6. The maximum Gasteiger partial charge on any atom is 0.273 e. The van der Waals surface area contributed by atoms with E-state index in [9.17, 15) is 24.5 Å². The molecule has 3 fully saturated rings. The highest BCUT2D eigenvalue weighted by Crippen LogP contribution is 2.39. The van der Waals surface area contributed by atoms with Gasteiger partial charge < -0.3 is 20.0 Å². The molecule has 0 aromatic heterocycles. The van der Waals surface area contributed by atoms with Crippen LogP contribution >= 0.6 is 0 Å². The van der Waals surface area contributed by atoms with Crippen molar-refractivity contribution in [3.05, 3.63) is 69.8 Å². The average Bonchev–Trinajstić information content (AvgIpc) is 3.23. The smallest absolute Gasteiger partial charge is 0.273 e. The number of amides is 3. The van der Waals surface area contributed by atoms with Crippen LogP contribution in [0.2, 0.25) is 0 Å². The lowest BCUT2D eigenvalue weighted by Crippen LogP contribution is -2.57. The molecule has 2 heterocycles. The van der Waals surface area contributed by atoms with Crippen molar-refractivity contribution in [1.29, 1.82) is 0 Å². The van der Waals surface area contributed by atoms with Crippen LogP contribution in [0.4, 0.5) is 11.4 Å². The Morgan fingerprint density at radius 1 is 1.05 bits per heavy atom. The van der Waals surface area contributed by atoms with E-state index in [-0.39, 0.29) is 35.5 Å². The number of aryl methyl sites for hydroxylation is 1. The summed E-state index contributed by atoms with van der Waals surface area (Å²) in [4.78, 5) is 56.4. The molecule has 2 aliphatic heterocycles. The Bertz CT molecular complexity index is 1270. The van der Waals surface area contributed by atoms with Crippen molar-refractivity contribution in [2.24, 2.45) is 5.92 Å². The van der Waals surface area contributed by atoms with Gasteiger partial charge in [0, 0.05) is 42.5 Å². The van der Waals surface area contributed by atoms with E-state index in [1.165, 1.54) is 25.3 Å². The number of carbonyl (C=O) groups excluding carboxylic acids is 3. The van der Waals surface area contributed by atoms with Gasteiger partial charge in [0.2, 0.25) is 5.91 Å². The largest absolute Gasteiger partial charge is 0.354 e. The van der Waals surface area contributed by atoms with Gasteiger partial charge in [-0.05, 0) is 56.7 Å². The zero-order chi connectivity index (χ0) is 28.3. The van der Waals surface area contributed by atoms with Crippen LogP contribution in [0.15, 0.2) is 48.5 Å². The van der Waals surface area contributed by atoms with Gasteiger partial charge in [0.1, 0.15) is 12.1 Å². The summed E-state index contributed by atoms with van der Waals surface area (Å²) in [6.45, 7) is 3.27. The zero-order valence-electron chi connectivity index (χ0n) is 23.0. The number of nitro groups is 1. The Morgan fingerprint density at radius 2 is 1.75 bits per heavy atom. The molecule has 1 aliphatic carbocycles. The maximum absolute atomic E-state index is 13.9. The molecule has 10 nitrogen and oxygen atoms in total. The van der Waals surface area contributed by atoms with Gasteiger partial charge in [-0.25, -0.2) is 0 Å². The first kappa shape index (κ1) is 27.6. The third-order valence-corrected chi connectivity index (χ3v) is 8.76. The highest BCUT2D eigenvalue weighted by Gasteiger charge is 2.54. The van der Waals surface area contributed by atoms with E-state index in [0.717, 1.165) is 18.5 Å². The standard InChI is InChI=1S/C30H37N5O5/c1-22-12-13-24(18-26(22)35(39)40)28(37)32-16-14-30(15-17-32)29(38)33(21-34(30)25-10-6-3-7-11-25)20-27(36)31-19-23-8-4-2-5-9-23/h3,6-7,10-13,18,23H,2,4-5,8-9,14-17,19-21H2,1H3,(H,31,36). The Balaban J connectivity index is 1.29. The van der Waals surface area contributed by atoms with E-state index >= 15 is 0 Å². The fourth-order valence-electron chi connectivity index (χ4n) is 6.40. The number of hydrogen-bond donors (Lipinski definition) is 1. The van der Waals surface area contributed by atoms with Gasteiger partial charge in [0.05, 0.1) is 11.6 Å². The van der Waals surface area contributed by atoms with Crippen LogP contribution in [-0.2, 0) is 9.59 Å². The van der Waals surface area contributed by atoms with Crippen molar-refractivity contribution >= 4 is 29.1 Å². The SMILES string of the molecule is Cc1ccc(C(=O)N2CCC3(CC2)C(=O)N(CC(=O)NCC2CCCCC2)CN3c2ccccc2)cc1[N+](=O)[O-]. The number of nitro benzene ring substituents is 1. The van der Waals surface area contributed by atoms with E-state index in [1.54, 1.807) is 28.9 Å². The molecule has 2 aromatic rings. The number of piperidine rings is 1. The zero-order valence-corrected chi connectivity index (χ0v) is 23.0. The number of carbonyl (C=O) groups is 3. The minimum absolute atomic E-state index is 0.00627. The number of anilines is 1. The van der Waals surface area contributed by atoms with Crippen LogP contribution < -0.4 is 10.2 Å². The molecule has 5 rings (SSSR count). The predicted octanol–water partition coefficient (Wildman–Crippen LogP) is 3.88. The third-order valence-electron chi connectivity index (χ3n) is 8.76. The molecule has 2 aromatic carbocycles. The normalized spacial score (nSPS) is 19.2. The number of likely N-dealkylation sites (tertiary alicyclic amines) is 1. The summed E-state index contributed by atoms with van der Waals surface area (Å²) in [6, 6.07) is 14.2. The predicted molar refractivity (Wildman–Crippen MR) is 151 cm³/mol. The minimum Gasteiger partial charge on any atom is -0.354 e. The van der Waals surface area contributed by atoms with Gasteiger partial charge in [-0.2, -0.15) is 0 Å². The molecule has 0 bridgehead atoms. The summed E-state index contributed by atoms with van der Waals surface area (Å²) in [6.07, 6.45) is 6.76. The van der Waals surface area contributed by atoms with Crippen LogP contribution in [0.3, 0.4) is 0 Å². The maximum atomic E-state index is 13.9. The molecule has 0 atom stereocenters.